The van der Waals surface area contributed by atoms with Gasteiger partial charge < -0.3 is 10.1 Å². The summed E-state index contributed by atoms with van der Waals surface area (Å²) < 4.78 is 5.52. The Morgan fingerprint density at radius 2 is 1.95 bits per heavy atom. The first kappa shape index (κ1) is 15.0. The van der Waals surface area contributed by atoms with Gasteiger partial charge in [-0.15, -0.1) is 0 Å². The van der Waals surface area contributed by atoms with Crippen LogP contribution in [0.4, 0.5) is 0 Å². The molecule has 0 bridgehead atoms. The van der Waals surface area contributed by atoms with E-state index in [4.69, 9.17) is 4.74 Å². The molecule has 0 atom stereocenters. The van der Waals surface area contributed by atoms with Crippen molar-refractivity contribution in [3.63, 3.8) is 0 Å². The SMILES string of the molecule is CC(C)(NC(=O)CCOc1ccccc1)c1cccnc1. The van der Waals surface area contributed by atoms with Crippen LogP contribution in [0.15, 0.2) is 54.9 Å². The smallest absolute Gasteiger partial charge is 0.224 e. The summed E-state index contributed by atoms with van der Waals surface area (Å²) in [5, 5.41) is 3.00. The Morgan fingerprint density at radius 1 is 1.19 bits per heavy atom. The third-order valence-electron chi connectivity index (χ3n) is 3.18. The van der Waals surface area contributed by atoms with Crippen molar-refractivity contribution < 1.29 is 9.53 Å². The summed E-state index contributed by atoms with van der Waals surface area (Å²) in [4.78, 5) is 16.1. The van der Waals surface area contributed by atoms with Crippen LogP contribution in [0.2, 0.25) is 0 Å². The van der Waals surface area contributed by atoms with Crippen LogP contribution in [-0.2, 0) is 10.3 Å². The molecule has 0 aliphatic carbocycles. The minimum atomic E-state index is -0.446. The third kappa shape index (κ3) is 4.60. The quantitative estimate of drug-likeness (QED) is 0.887. The molecular formula is C17H20N2O2. The van der Waals surface area contributed by atoms with Crippen LogP contribution in [-0.4, -0.2) is 17.5 Å². The molecular weight excluding hydrogens is 264 g/mol. The number of hydrogen-bond acceptors (Lipinski definition) is 3. The highest BCUT2D eigenvalue weighted by molar-refractivity contribution is 5.77. The summed E-state index contributed by atoms with van der Waals surface area (Å²) in [6, 6.07) is 13.3. The highest BCUT2D eigenvalue weighted by atomic mass is 16.5. The molecule has 1 aromatic carbocycles. The van der Waals surface area contributed by atoms with E-state index in [0.717, 1.165) is 11.3 Å². The lowest BCUT2D eigenvalue weighted by atomic mass is 9.96. The molecule has 0 fully saturated rings. The second kappa shape index (κ2) is 6.88. The van der Waals surface area contributed by atoms with Gasteiger partial charge in [-0.05, 0) is 37.6 Å². The van der Waals surface area contributed by atoms with Crippen LogP contribution in [0.25, 0.3) is 0 Å². The Morgan fingerprint density at radius 3 is 2.62 bits per heavy atom. The lowest BCUT2D eigenvalue weighted by Crippen LogP contribution is -2.41. The molecule has 1 amide bonds. The molecule has 0 aliphatic heterocycles. The van der Waals surface area contributed by atoms with Crippen molar-refractivity contribution >= 4 is 5.91 Å². The Hall–Kier alpha value is -2.36. The monoisotopic (exact) mass is 284 g/mol. The van der Waals surface area contributed by atoms with Crippen molar-refractivity contribution in [3.8, 4) is 5.75 Å². The average molecular weight is 284 g/mol. The lowest BCUT2D eigenvalue weighted by molar-refractivity contribution is -0.123. The minimum Gasteiger partial charge on any atom is -0.493 e. The maximum absolute atomic E-state index is 12.0. The van der Waals surface area contributed by atoms with Crippen LogP contribution in [0.3, 0.4) is 0 Å². The number of ether oxygens (including phenoxy) is 1. The van der Waals surface area contributed by atoms with Gasteiger partial charge in [-0.3, -0.25) is 9.78 Å². The van der Waals surface area contributed by atoms with E-state index in [9.17, 15) is 4.79 Å². The van der Waals surface area contributed by atoms with Crippen molar-refractivity contribution in [2.75, 3.05) is 6.61 Å². The molecule has 1 heterocycles. The zero-order valence-electron chi connectivity index (χ0n) is 12.4. The highest BCUT2D eigenvalue weighted by Crippen LogP contribution is 2.18. The normalized spacial score (nSPS) is 11.0. The number of aromatic nitrogens is 1. The predicted molar refractivity (Wildman–Crippen MR) is 82.0 cm³/mol. The number of rotatable bonds is 6. The van der Waals surface area contributed by atoms with Gasteiger partial charge >= 0.3 is 0 Å². The van der Waals surface area contributed by atoms with Gasteiger partial charge in [0.05, 0.1) is 18.6 Å². The summed E-state index contributed by atoms with van der Waals surface area (Å²) in [5.41, 5.74) is 0.528. The van der Waals surface area contributed by atoms with Gasteiger partial charge in [-0.25, -0.2) is 0 Å². The topological polar surface area (TPSA) is 51.2 Å². The first-order chi connectivity index (χ1) is 10.1. The minimum absolute atomic E-state index is 0.0419. The van der Waals surface area contributed by atoms with Crippen LogP contribution in [0, 0.1) is 0 Å². The van der Waals surface area contributed by atoms with Crippen molar-refractivity contribution in [2.45, 2.75) is 25.8 Å². The van der Waals surface area contributed by atoms with Crippen LogP contribution in [0.5, 0.6) is 5.75 Å². The van der Waals surface area contributed by atoms with E-state index in [-0.39, 0.29) is 5.91 Å². The molecule has 1 N–H and O–H groups in total. The summed E-state index contributed by atoms with van der Waals surface area (Å²) in [5.74, 6) is 0.733. The second-order valence-corrected chi connectivity index (χ2v) is 5.33. The van der Waals surface area contributed by atoms with Crippen LogP contribution < -0.4 is 10.1 Å². The summed E-state index contributed by atoms with van der Waals surface area (Å²) in [6.45, 7) is 4.28. The Kier molecular flexibility index (Phi) is 4.93. The number of nitrogens with one attached hydrogen (secondary N) is 1. The average Bonchev–Trinajstić information content (AvgIpc) is 2.49. The van der Waals surface area contributed by atoms with Gasteiger partial charge in [0.2, 0.25) is 5.91 Å². The lowest BCUT2D eigenvalue weighted by Gasteiger charge is -2.26. The van der Waals surface area contributed by atoms with Gasteiger partial charge in [-0.1, -0.05) is 24.3 Å². The first-order valence-electron chi connectivity index (χ1n) is 6.97. The van der Waals surface area contributed by atoms with E-state index < -0.39 is 5.54 Å². The zero-order chi connectivity index (χ0) is 15.1. The molecule has 0 saturated carbocycles. The molecule has 2 aromatic rings. The molecule has 0 unspecified atom stereocenters. The predicted octanol–water partition coefficient (Wildman–Crippen LogP) is 2.90. The molecule has 0 aliphatic rings. The van der Waals surface area contributed by atoms with Gasteiger partial charge in [0.1, 0.15) is 5.75 Å². The summed E-state index contributed by atoms with van der Waals surface area (Å²) >= 11 is 0. The molecule has 0 saturated heterocycles. The van der Waals surface area contributed by atoms with Crippen LogP contribution >= 0.6 is 0 Å². The van der Waals surface area contributed by atoms with E-state index in [1.165, 1.54) is 0 Å². The number of carbonyl (C=O) groups excluding carboxylic acids is 1. The molecule has 1 aromatic heterocycles. The fourth-order valence-corrected chi connectivity index (χ4v) is 1.99. The number of benzene rings is 1. The van der Waals surface area contributed by atoms with Crippen LogP contribution in [0.1, 0.15) is 25.8 Å². The molecule has 0 radical (unpaired) electrons. The number of carbonyl (C=O) groups is 1. The molecule has 110 valence electrons. The molecule has 2 rings (SSSR count). The van der Waals surface area contributed by atoms with E-state index >= 15 is 0 Å². The maximum Gasteiger partial charge on any atom is 0.224 e. The van der Waals surface area contributed by atoms with Gasteiger partial charge in [-0.2, -0.15) is 0 Å². The second-order valence-electron chi connectivity index (χ2n) is 5.33. The number of nitrogens with zero attached hydrogens (tertiary/aromatic N) is 1. The maximum atomic E-state index is 12.0. The first-order valence-corrected chi connectivity index (χ1v) is 6.97. The number of para-hydroxylation sites is 1. The van der Waals surface area contributed by atoms with E-state index in [1.54, 1.807) is 12.4 Å². The van der Waals surface area contributed by atoms with Crippen molar-refractivity contribution in [3.05, 3.63) is 60.4 Å². The number of pyridine rings is 1. The highest BCUT2D eigenvalue weighted by Gasteiger charge is 2.22. The van der Waals surface area contributed by atoms with Gasteiger partial charge in [0.15, 0.2) is 0 Å². The molecule has 4 heteroatoms. The molecule has 0 spiro atoms. The summed E-state index contributed by atoms with van der Waals surface area (Å²) in [6.07, 6.45) is 3.80. The standard InChI is InChI=1S/C17H20N2O2/c1-17(2,14-7-6-11-18-13-14)19-16(20)10-12-21-15-8-4-3-5-9-15/h3-9,11,13H,10,12H2,1-2H3,(H,19,20). The van der Waals surface area contributed by atoms with Crippen molar-refractivity contribution in [2.24, 2.45) is 0 Å². The Labute approximate surface area is 125 Å². The summed E-state index contributed by atoms with van der Waals surface area (Å²) in [7, 11) is 0. The van der Waals surface area contributed by atoms with E-state index in [0.29, 0.717) is 13.0 Å². The largest absolute Gasteiger partial charge is 0.493 e. The fourth-order valence-electron chi connectivity index (χ4n) is 1.99. The third-order valence-corrected chi connectivity index (χ3v) is 3.18. The molecule has 4 nitrogen and oxygen atoms in total. The fraction of sp³-hybridized carbons (Fsp3) is 0.294. The number of amides is 1. The Bertz CT molecular complexity index is 568. The van der Waals surface area contributed by atoms with E-state index in [2.05, 4.69) is 10.3 Å². The molecule has 21 heavy (non-hydrogen) atoms. The number of hydrogen-bond donors (Lipinski definition) is 1. The zero-order valence-corrected chi connectivity index (χ0v) is 12.4. The van der Waals surface area contributed by atoms with E-state index in [1.807, 2.05) is 56.3 Å². The van der Waals surface area contributed by atoms with Crippen molar-refractivity contribution in [1.82, 2.24) is 10.3 Å². The Balaban J connectivity index is 1.82. The van der Waals surface area contributed by atoms with Gasteiger partial charge in [0, 0.05) is 12.4 Å². The van der Waals surface area contributed by atoms with Gasteiger partial charge in [0.25, 0.3) is 0 Å². The van der Waals surface area contributed by atoms with Crippen molar-refractivity contribution in [1.29, 1.82) is 0 Å².